The number of nitrogens with one attached hydrogen (secondary N) is 1. The SMILES string of the molecule is CC[C@H]1OC(=O)[C@@](C)(F)C(=O)[C@H](C)[C@@H](O[C@@H]2O[C@H](C)C[C@H](N(C)C)[C@H]2O)[C@](C)(OC(N)=O)C[C@@H](C)/C(=N\O)[C@H](C)[C@H]2NC(=O)O[C@@]21C. The number of alkyl halides is 1. The largest absolute Gasteiger partial charge is 0.455 e. The van der Waals surface area contributed by atoms with Crippen molar-refractivity contribution >= 4 is 29.7 Å². The molecule has 3 heterocycles. The summed E-state index contributed by atoms with van der Waals surface area (Å²) in [6.07, 6.45) is -7.63. The van der Waals surface area contributed by atoms with Crippen molar-refractivity contribution in [2.75, 3.05) is 14.1 Å². The van der Waals surface area contributed by atoms with Gasteiger partial charge in [-0.2, -0.15) is 0 Å². The summed E-state index contributed by atoms with van der Waals surface area (Å²) >= 11 is 0. The molecule has 0 radical (unpaired) electrons. The number of hydrogen-bond donors (Lipinski definition) is 4. The average Bonchev–Trinajstić information content (AvgIpc) is 3.28. The number of alkyl carbamates (subject to hydrolysis) is 1. The van der Waals surface area contributed by atoms with Gasteiger partial charge in [-0.25, -0.2) is 18.8 Å². The lowest BCUT2D eigenvalue weighted by Crippen LogP contribution is -2.62. The fourth-order valence-electron chi connectivity index (χ4n) is 7.52. The summed E-state index contributed by atoms with van der Waals surface area (Å²) in [5.41, 5.74) is -1.04. The molecule has 3 aliphatic rings. The van der Waals surface area contributed by atoms with E-state index < -0.39 is 101 Å². The number of halogens is 1. The standard InChI is InChI=1S/C31H51FN4O11/c1-11-19-31(8)22(34-28(41)47-31)16(4)20(35-42)14(2)13-29(6,46-27(33)40)24(17(5)23(38)30(7,32)26(39)44-19)45-25-21(37)18(36(9)10)12-15(3)43-25/h14-19,21-22,24-25,37,42H,11-13H2,1-10H3,(H2,33,40)(H,34,41)/b35-20+/t14-,15-,16+,17+,18+,19-,21-,22-,24-,25+,29-,30+,31-/m1/s1. The normalized spacial score (nSPS) is 44.6. The molecule has 15 nitrogen and oxygen atoms in total. The number of aliphatic hydroxyl groups excluding tert-OH is 1. The second kappa shape index (κ2) is 14.2. The first-order valence-electron chi connectivity index (χ1n) is 15.9. The van der Waals surface area contributed by atoms with Gasteiger partial charge in [0.2, 0.25) is 0 Å². The van der Waals surface area contributed by atoms with Crippen molar-refractivity contribution in [3.8, 4) is 0 Å². The van der Waals surface area contributed by atoms with Crippen LogP contribution in [0.25, 0.3) is 0 Å². The number of cyclic esters (lactones) is 1. The van der Waals surface area contributed by atoms with Gasteiger partial charge in [-0.1, -0.05) is 32.9 Å². The molecule has 0 saturated carbocycles. The van der Waals surface area contributed by atoms with E-state index in [-0.39, 0.29) is 18.6 Å². The van der Waals surface area contributed by atoms with Crippen LogP contribution in [0.5, 0.6) is 0 Å². The van der Waals surface area contributed by atoms with Crippen molar-refractivity contribution in [1.82, 2.24) is 10.2 Å². The van der Waals surface area contributed by atoms with Crippen molar-refractivity contribution < 1.29 is 57.6 Å². The van der Waals surface area contributed by atoms with Crippen LogP contribution in [0, 0.1) is 17.8 Å². The molecule has 3 saturated heterocycles. The summed E-state index contributed by atoms with van der Waals surface area (Å²) < 4.78 is 45.6. The van der Waals surface area contributed by atoms with Gasteiger partial charge in [0.05, 0.1) is 17.9 Å². The number of esters is 1. The van der Waals surface area contributed by atoms with Crippen LogP contribution in [-0.2, 0) is 33.3 Å². The van der Waals surface area contributed by atoms with Crippen LogP contribution in [0.4, 0.5) is 14.0 Å². The van der Waals surface area contributed by atoms with Gasteiger partial charge >= 0.3 is 18.2 Å². The summed E-state index contributed by atoms with van der Waals surface area (Å²) in [5, 5.41) is 27.8. The van der Waals surface area contributed by atoms with E-state index in [9.17, 15) is 29.5 Å². The van der Waals surface area contributed by atoms with Crippen LogP contribution in [0.3, 0.4) is 0 Å². The molecule has 2 amide bonds. The Morgan fingerprint density at radius 1 is 1.15 bits per heavy atom. The Hall–Kier alpha value is -3.08. The summed E-state index contributed by atoms with van der Waals surface area (Å²) in [7, 11) is 3.53. The Labute approximate surface area is 274 Å². The van der Waals surface area contributed by atoms with Crippen LogP contribution in [0.15, 0.2) is 5.16 Å². The maximum atomic E-state index is 16.5. The van der Waals surface area contributed by atoms with Gasteiger partial charge in [0.15, 0.2) is 17.7 Å². The van der Waals surface area contributed by atoms with E-state index in [1.54, 1.807) is 46.7 Å². The van der Waals surface area contributed by atoms with Crippen LogP contribution in [0.2, 0.25) is 0 Å². The molecule has 3 rings (SSSR count). The van der Waals surface area contributed by atoms with Gasteiger partial charge in [0, 0.05) is 23.8 Å². The summed E-state index contributed by atoms with van der Waals surface area (Å²) in [5.74, 6) is -5.89. The first-order chi connectivity index (χ1) is 21.6. The number of primary amides is 1. The van der Waals surface area contributed by atoms with Gasteiger partial charge in [0.25, 0.3) is 5.67 Å². The molecule has 268 valence electrons. The molecule has 0 unspecified atom stereocenters. The van der Waals surface area contributed by atoms with Crippen molar-refractivity contribution in [1.29, 1.82) is 0 Å². The zero-order valence-corrected chi connectivity index (χ0v) is 28.8. The molecule has 3 fully saturated rings. The summed E-state index contributed by atoms with van der Waals surface area (Å²) in [6, 6.07) is -1.38. The molecule has 0 bridgehead atoms. The van der Waals surface area contributed by atoms with Crippen molar-refractivity contribution in [3.63, 3.8) is 0 Å². The van der Waals surface area contributed by atoms with Gasteiger partial charge in [-0.3, -0.25) is 4.79 Å². The van der Waals surface area contributed by atoms with Gasteiger partial charge < -0.3 is 49.9 Å². The van der Waals surface area contributed by atoms with E-state index in [1.165, 1.54) is 20.8 Å². The number of ether oxygens (including phenoxy) is 5. The molecule has 0 aromatic heterocycles. The second-order valence-electron chi connectivity index (χ2n) is 13.9. The number of aliphatic hydroxyl groups is 1. The molecule has 47 heavy (non-hydrogen) atoms. The lowest BCUT2D eigenvalue weighted by Gasteiger charge is -2.47. The number of fused-ring (bicyclic) bond motifs is 1. The lowest BCUT2D eigenvalue weighted by atomic mass is 9.73. The van der Waals surface area contributed by atoms with Crippen LogP contribution < -0.4 is 11.1 Å². The number of carbonyl (C=O) groups excluding carboxylic acids is 4. The zero-order chi connectivity index (χ0) is 35.8. The van der Waals surface area contributed by atoms with Crippen LogP contribution in [0.1, 0.15) is 74.7 Å². The Kier molecular flexibility index (Phi) is 11.6. The van der Waals surface area contributed by atoms with E-state index in [1.807, 2.05) is 0 Å². The number of amides is 2. The maximum Gasteiger partial charge on any atom is 0.408 e. The number of Topliss-reactive ketones (excluding diaryl/α,β-unsaturated/α-hetero) is 1. The van der Waals surface area contributed by atoms with Crippen molar-refractivity contribution in [2.45, 2.75) is 134 Å². The number of carbonyl (C=O) groups is 4. The summed E-state index contributed by atoms with van der Waals surface area (Å²) in [4.78, 5) is 54.3. The average molecular weight is 675 g/mol. The second-order valence-corrected chi connectivity index (χ2v) is 13.9. The predicted octanol–water partition coefficient (Wildman–Crippen LogP) is 2.28. The minimum atomic E-state index is -3.26. The van der Waals surface area contributed by atoms with E-state index in [4.69, 9.17) is 29.4 Å². The van der Waals surface area contributed by atoms with Gasteiger partial charge in [-0.05, 0) is 61.1 Å². The lowest BCUT2D eigenvalue weighted by molar-refractivity contribution is -0.292. The Morgan fingerprint density at radius 3 is 2.30 bits per heavy atom. The fourth-order valence-corrected chi connectivity index (χ4v) is 7.52. The minimum Gasteiger partial charge on any atom is -0.455 e. The Morgan fingerprint density at radius 2 is 1.77 bits per heavy atom. The van der Waals surface area contributed by atoms with E-state index in [2.05, 4.69) is 10.5 Å². The third-order valence-corrected chi connectivity index (χ3v) is 9.97. The number of hydrogen-bond acceptors (Lipinski definition) is 13. The highest BCUT2D eigenvalue weighted by Crippen LogP contribution is 2.41. The molecule has 0 spiro atoms. The molecular weight excluding hydrogens is 623 g/mol. The molecule has 3 aliphatic heterocycles. The molecule has 13 atom stereocenters. The molecule has 0 aromatic carbocycles. The highest BCUT2D eigenvalue weighted by atomic mass is 19.1. The maximum absolute atomic E-state index is 16.5. The zero-order valence-electron chi connectivity index (χ0n) is 28.8. The van der Waals surface area contributed by atoms with E-state index in [0.29, 0.717) is 6.42 Å². The minimum absolute atomic E-state index is 0.0692. The number of oxime groups is 1. The topological polar surface area (TPSA) is 209 Å². The van der Waals surface area contributed by atoms with Gasteiger partial charge in [-0.15, -0.1) is 0 Å². The molecule has 0 aromatic rings. The summed E-state index contributed by atoms with van der Waals surface area (Å²) in [6.45, 7) is 11.7. The Bertz CT molecular complexity index is 1230. The van der Waals surface area contributed by atoms with E-state index in [0.717, 1.165) is 6.92 Å². The van der Waals surface area contributed by atoms with Crippen LogP contribution in [-0.4, -0.2) is 119 Å². The third kappa shape index (κ3) is 7.50. The first kappa shape index (κ1) is 38.4. The third-order valence-electron chi connectivity index (χ3n) is 9.97. The fraction of sp³-hybridized carbons (Fsp3) is 0.839. The highest BCUT2D eigenvalue weighted by molar-refractivity contribution is 6.08. The molecule has 5 N–H and O–H groups in total. The monoisotopic (exact) mass is 674 g/mol. The molecular formula is C31H51FN4O11. The number of nitrogens with two attached hydrogens (primary N) is 1. The predicted molar refractivity (Wildman–Crippen MR) is 164 cm³/mol. The number of ketones is 1. The van der Waals surface area contributed by atoms with Crippen molar-refractivity contribution in [2.24, 2.45) is 28.6 Å². The highest BCUT2D eigenvalue weighted by Gasteiger charge is 2.59. The quantitative estimate of drug-likeness (QED) is 0.109. The number of rotatable bonds is 5. The van der Waals surface area contributed by atoms with E-state index >= 15 is 4.39 Å². The Balaban J connectivity index is 2.23. The smallest absolute Gasteiger partial charge is 0.408 e. The van der Waals surface area contributed by atoms with Gasteiger partial charge in [0.1, 0.15) is 23.9 Å². The number of likely N-dealkylation sites (N-methyl/N-ethyl adjacent to an activating group) is 1. The van der Waals surface area contributed by atoms with Crippen LogP contribution >= 0.6 is 0 Å². The first-order valence-corrected chi connectivity index (χ1v) is 15.9. The number of nitrogens with zero attached hydrogens (tertiary/aromatic N) is 2. The molecule has 16 heteroatoms. The molecule has 0 aliphatic carbocycles. The van der Waals surface area contributed by atoms with Crippen molar-refractivity contribution in [3.05, 3.63) is 0 Å².